The number of carboxylic acids is 1. The van der Waals surface area contributed by atoms with Gasteiger partial charge in [0, 0.05) is 0 Å². The first-order valence-corrected chi connectivity index (χ1v) is 11.3. The Labute approximate surface area is 181 Å². The zero-order valence-electron chi connectivity index (χ0n) is 19.1. The van der Waals surface area contributed by atoms with Crippen molar-refractivity contribution < 1.29 is 35.4 Å². The van der Waals surface area contributed by atoms with E-state index in [2.05, 4.69) is 33.8 Å². The van der Waals surface area contributed by atoms with Crippen molar-refractivity contribution in [1.29, 1.82) is 0 Å². The van der Waals surface area contributed by atoms with Gasteiger partial charge in [0.05, 0.1) is 6.10 Å². The molecule has 0 saturated heterocycles. The number of carbonyl (C=O) groups is 1. The zero-order valence-corrected chi connectivity index (χ0v) is 19.1. The molecule has 7 heteroatoms. The molecule has 0 amide bonds. The molecule has 0 aromatic carbocycles. The van der Waals surface area contributed by atoms with Crippen LogP contribution in [-0.4, -0.2) is 67.1 Å². The summed E-state index contributed by atoms with van der Waals surface area (Å²) in [4.78, 5) is 10.6. The van der Waals surface area contributed by atoms with E-state index in [0.29, 0.717) is 6.42 Å². The molecule has 0 aliphatic carbocycles. The minimum absolute atomic E-state index is 0.185. The second kappa shape index (κ2) is 15.8. The first-order valence-electron chi connectivity index (χ1n) is 11.3. The number of aliphatic carboxylic acids is 1. The van der Waals surface area contributed by atoms with Gasteiger partial charge in [0.25, 0.3) is 0 Å². The van der Waals surface area contributed by atoms with Crippen molar-refractivity contribution in [3.8, 4) is 0 Å². The molecular formula is C23H44O7. The largest absolute Gasteiger partial charge is 0.479 e. The third-order valence-electron chi connectivity index (χ3n) is 5.61. The quantitative estimate of drug-likeness (QED) is 0.153. The monoisotopic (exact) mass is 432 g/mol. The van der Waals surface area contributed by atoms with Gasteiger partial charge >= 0.3 is 5.97 Å². The van der Waals surface area contributed by atoms with Gasteiger partial charge in [0.15, 0.2) is 6.10 Å². The van der Waals surface area contributed by atoms with Gasteiger partial charge < -0.3 is 30.6 Å². The summed E-state index contributed by atoms with van der Waals surface area (Å²) < 4.78 is 0. The molecule has 0 rings (SSSR count). The minimum Gasteiger partial charge on any atom is -0.479 e. The Morgan fingerprint density at radius 1 is 0.800 bits per heavy atom. The van der Waals surface area contributed by atoms with Crippen LogP contribution in [0, 0.1) is 11.8 Å². The van der Waals surface area contributed by atoms with Gasteiger partial charge in [-0.1, -0.05) is 58.1 Å². The summed E-state index contributed by atoms with van der Waals surface area (Å²) in [5.74, 6) is -0.199. The molecule has 30 heavy (non-hydrogen) atoms. The van der Waals surface area contributed by atoms with E-state index in [1.165, 1.54) is 31.3 Å². The molecule has 0 aromatic heterocycles. The first kappa shape index (κ1) is 29.0. The average Bonchev–Trinajstić information content (AvgIpc) is 2.68. The number of unbranched alkanes of at least 4 members (excludes halogenated alkanes) is 1. The Hall–Kier alpha value is -0.990. The molecule has 0 aliphatic rings. The molecule has 0 heterocycles. The van der Waals surface area contributed by atoms with Gasteiger partial charge in [-0.3, -0.25) is 0 Å². The number of rotatable bonds is 17. The van der Waals surface area contributed by atoms with Crippen LogP contribution in [0.1, 0.15) is 85.5 Å². The molecule has 6 atom stereocenters. The lowest BCUT2D eigenvalue weighted by Gasteiger charge is -2.27. The van der Waals surface area contributed by atoms with E-state index in [1.54, 1.807) is 0 Å². The van der Waals surface area contributed by atoms with Gasteiger partial charge in [-0.2, -0.15) is 0 Å². The highest BCUT2D eigenvalue weighted by atomic mass is 16.4. The van der Waals surface area contributed by atoms with Crippen LogP contribution in [0.2, 0.25) is 0 Å². The number of aliphatic hydroxyl groups excluding tert-OH is 5. The van der Waals surface area contributed by atoms with Crippen molar-refractivity contribution in [2.45, 2.75) is 116 Å². The summed E-state index contributed by atoms with van der Waals surface area (Å²) in [6.07, 6.45) is 1.55. The van der Waals surface area contributed by atoms with Crippen LogP contribution in [-0.2, 0) is 4.79 Å². The summed E-state index contributed by atoms with van der Waals surface area (Å²) in [6, 6.07) is 0. The van der Waals surface area contributed by atoms with Crippen molar-refractivity contribution in [1.82, 2.24) is 0 Å². The Morgan fingerprint density at radius 3 is 1.97 bits per heavy atom. The van der Waals surface area contributed by atoms with E-state index in [0.717, 1.165) is 31.1 Å². The topological polar surface area (TPSA) is 138 Å². The molecule has 0 fully saturated rings. The van der Waals surface area contributed by atoms with E-state index in [1.807, 2.05) is 0 Å². The lowest BCUT2D eigenvalue weighted by molar-refractivity contribution is -0.168. The van der Waals surface area contributed by atoms with Crippen molar-refractivity contribution in [3.05, 3.63) is 11.6 Å². The molecule has 6 N–H and O–H groups in total. The van der Waals surface area contributed by atoms with Crippen LogP contribution in [0.5, 0.6) is 0 Å². The Morgan fingerprint density at radius 2 is 1.40 bits per heavy atom. The van der Waals surface area contributed by atoms with Crippen molar-refractivity contribution in [2.24, 2.45) is 11.8 Å². The molecule has 0 aliphatic heterocycles. The maximum Gasteiger partial charge on any atom is 0.335 e. The molecule has 2 unspecified atom stereocenters. The average molecular weight is 433 g/mol. The minimum atomic E-state index is -2.23. The van der Waals surface area contributed by atoms with Gasteiger partial charge in [0.2, 0.25) is 0 Å². The number of hydrogen-bond acceptors (Lipinski definition) is 6. The normalized spacial score (nSPS) is 18.7. The Balaban J connectivity index is 4.09. The molecule has 7 nitrogen and oxygen atoms in total. The van der Waals surface area contributed by atoms with Gasteiger partial charge in [-0.15, -0.1) is 0 Å². The fourth-order valence-electron chi connectivity index (χ4n) is 3.46. The molecule has 0 saturated carbocycles. The van der Waals surface area contributed by atoms with E-state index in [-0.39, 0.29) is 6.42 Å². The van der Waals surface area contributed by atoms with Crippen LogP contribution in [0.15, 0.2) is 11.6 Å². The lowest BCUT2D eigenvalue weighted by atomic mass is 9.94. The molecule has 0 spiro atoms. The van der Waals surface area contributed by atoms with Crippen LogP contribution in [0.4, 0.5) is 0 Å². The third-order valence-corrected chi connectivity index (χ3v) is 5.61. The van der Waals surface area contributed by atoms with E-state index in [9.17, 15) is 30.3 Å². The summed E-state index contributed by atoms with van der Waals surface area (Å²) in [7, 11) is 0. The third kappa shape index (κ3) is 12.6. The van der Waals surface area contributed by atoms with Gasteiger partial charge in [-0.05, 0) is 50.9 Å². The lowest BCUT2D eigenvalue weighted by Crippen LogP contribution is -2.51. The van der Waals surface area contributed by atoms with Crippen LogP contribution >= 0.6 is 0 Å². The number of aliphatic hydroxyl groups is 5. The Kier molecular flexibility index (Phi) is 15.2. The molecule has 0 radical (unpaired) electrons. The molecular weight excluding hydrogens is 388 g/mol. The Bertz CT molecular complexity index is 492. The zero-order chi connectivity index (χ0) is 23.3. The maximum atomic E-state index is 10.6. The first-order chi connectivity index (χ1) is 14.0. The van der Waals surface area contributed by atoms with Crippen molar-refractivity contribution in [2.75, 3.05) is 0 Å². The second-order valence-corrected chi connectivity index (χ2v) is 9.13. The smallest absolute Gasteiger partial charge is 0.335 e. The SMILES string of the molecule is CC(=CCCCC(O)[C@@H](O)[C@@H](O)[C@H](O)[C@H](O)C(=O)O)CCCC(C)CCCC(C)C. The van der Waals surface area contributed by atoms with E-state index < -0.39 is 36.5 Å². The predicted octanol–water partition coefficient (Wildman–Crippen LogP) is 2.62. The second-order valence-electron chi connectivity index (χ2n) is 9.13. The fraction of sp³-hybridized carbons (Fsp3) is 0.870. The van der Waals surface area contributed by atoms with E-state index in [4.69, 9.17) is 5.11 Å². The number of carboxylic acid groups (broad SMARTS) is 1. The number of allylic oxidation sites excluding steroid dienone is 2. The number of hydrogen-bond donors (Lipinski definition) is 6. The summed E-state index contributed by atoms with van der Waals surface area (Å²) >= 11 is 0. The van der Waals surface area contributed by atoms with Crippen molar-refractivity contribution in [3.63, 3.8) is 0 Å². The fourth-order valence-corrected chi connectivity index (χ4v) is 3.46. The highest BCUT2D eigenvalue weighted by molar-refractivity contribution is 5.72. The molecule has 0 aromatic rings. The van der Waals surface area contributed by atoms with E-state index >= 15 is 0 Å². The predicted molar refractivity (Wildman–Crippen MR) is 117 cm³/mol. The van der Waals surface area contributed by atoms with Gasteiger partial charge in [0.1, 0.15) is 18.3 Å². The summed E-state index contributed by atoms with van der Waals surface area (Å²) in [5, 5.41) is 57.0. The summed E-state index contributed by atoms with van der Waals surface area (Å²) in [6.45, 7) is 8.91. The molecule has 0 bridgehead atoms. The van der Waals surface area contributed by atoms with Crippen molar-refractivity contribution >= 4 is 5.97 Å². The van der Waals surface area contributed by atoms with Crippen LogP contribution in [0.25, 0.3) is 0 Å². The maximum absolute atomic E-state index is 10.6. The van der Waals surface area contributed by atoms with Gasteiger partial charge in [-0.25, -0.2) is 4.79 Å². The standard InChI is InChI=1S/C23H44O7/c1-15(2)9-7-11-17(4)13-8-12-16(3)10-5-6-14-18(24)19(25)20(26)21(27)22(28)23(29)30/h10,15,17-22,24-28H,5-9,11-14H2,1-4H3,(H,29,30)/t17?,18?,19-,20-,21+,22+/m1/s1. The van der Waals surface area contributed by atoms with Crippen LogP contribution < -0.4 is 0 Å². The van der Waals surface area contributed by atoms with Crippen LogP contribution in [0.3, 0.4) is 0 Å². The molecule has 178 valence electrons. The highest BCUT2D eigenvalue weighted by Gasteiger charge is 2.36. The highest BCUT2D eigenvalue weighted by Crippen LogP contribution is 2.20. The summed E-state index contributed by atoms with van der Waals surface area (Å²) in [5.41, 5.74) is 1.29.